The molecule has 7 heteroatoms. The second kappa shape index (κ2) is 10.7. The maximum atomic E-state index is 9.46. The highest BCUT2D eigenvalue weighted by Crippen LogP contribution is 2.29. The van der Waals surface area contributed by atoms with E-state index in [9.17, 15) is 5.11 Å². The maximum Gasteiger partial charge on any atom is 0.414 e. The van der Waals surface area contributed by atoms with E-state index in [-0.39, 0.29) is 11.9 Å². The number of aromatic hydroxyl groups is 1. The summed E-state index contributed by atoms with van der Waals surface area (Å²) in [7, 11) is 1.94. The standard InChI is InChI=1S/C17H21NO2.C2H2O4/c1-13-12-15(19)8-9-16(13)20-17(10-11-18-2)14-6-4-3-5-7-14;3-1(4)2(5)6/h3-9,12,17-19H,10-11H2,1-2H3;(H,3,4)(H,5,6)/t17-;/m1./s1. The van der Waals surface area contributed by atoms with E-state index in [2.05, 4.69) is 17.4 Å². The number of rotatable bonds is 6. The zero-order valence-corrected chi connectivity index (χ0v) is 14.7. The van der Waals surface area contributed by atoms with Gasteiger partial charge >= 0.3 is 11.9 Å². The van der Waals surface area contributed by atoms with E-state index < -0.39 is 11.9 Å². The Kier molecular flexibility index (Phi) is 8.66. The molecule has 0 bridgehead atoms. The lowest BCUT2D eigenvalue weighted by molar-refractivity contribution is -0.159. The maximum absolute atomic E-state index is 9.46. The molecule has 0 aliphatic rings. The number of phenolic OH excluding ortho intramolecular Hbond substituents is 1. The third kappa shape index (κ3) is 7.23. The summed E-state index contributed by atoms with van der Waals surface area (Å²) in [5.41, 5.74) is 2.10. The topological polar surface area (TPSA) is 116 Å². The molecule has 26 heavy (non-hydrogen) atoms. The number of ether oxygens (including phenoxy) is 1. The van der Waals surface area contributed by atoms with Crippen molar-refractivity contribution in [3.63, 3.8) is 0 Å². The van der Waals surface area contributed by atoms with E-state index in [0.717, 1.165) is 29.8 Å². The van der Waals surface area contributed by atoms with Gasteiger partial charge in [-0.2, -0.15) is 0 Å². The van der Waals surface area contributed by atoms with Gasteiger partial charge in [0.05, 0.1) is 0 Å². The highest BCUT2D eigenvalue weighted by Gasteiger charge is 2.14. The van der Waals surface area contributed by atoms with Gasteiger partial charge in [0, 0.05) is 6.42 Å². The average Bonchev–Trinajstić information content (AvgIpc) is 2.61. The molecule has 0 spiro atoms. The molecule has 0 aromatic heterocycles. The van der Waals surface area contributed by atoms with E-state index in [0.29, 0.717) is 0 Å². The first kappa shape index (κ1) is 21.0. The number of benzene rings is 2. The van der Waals surface area contributed by atoms with Gasteiger partial charge in [-0.05, 0) is 49.8 Å². The Balaban J connectivity index is 0.000000487. The molecule has 0 aliphatic heterocycles. The van der Waals surface area contributed by atoms with Crippen molar-refractivity contribution >= 4 is 11.9 Å². The van der Waals surface area contributed by atoms with Crippen LogP contribution in [0.3, 0.4) is 0 Å². The summed E-state index contributed by atoms with van der Waals surface area (Å²) >= 11 is 0. The Bertz CT molecular complexity index is 705. The number of hydrogen-bond donors (Lipinski definition) is 4. The van der Waals surface area contributed by atoms with E-state index in [4.69, 9.17) is 24.5 Å². The lowest BCUT2D eigenvalue weighted by Gasteiger charge is -2.21. The fourth-order valence-corrected chi connectivity index (χ4v) is 2.16. The minimum atomic E-state index is -1.82. The van der Waals surface area contributed by atoms with Crippen LogP contribution in [0.15, 0.2) is 48.5 Å². The molecular weight excluding hydrogens is 338 g/mol. The Morgan fingerprint density at radius 3 is 2.19 bits per heavy atom. The minimum absolute atomic E-state index is 0.00638. The zero-order valence-electron chi connectivity index (χ0n) is 14.7. The predicted octanol–water partition coefficient (Wildman–Crippen LogP) is 2.59. The first-order valence-electron chi connectivity index (χ1n) is 7.97. The molecule has 0 fully saturated rings. The average molecular weight is 361 g/mol. The van der Waals surface area contributed by atoms with E-state index in [1.807, 2.05) is 38.2 Å². The van der Waals surface area contributed by atoms with Gasteiger partial charge in [0.15, 0.2) is 0 Å². The highest BCUT2D eigenvalue weighted by atomic mass is 16.5. The van der Waals surface area contributed by atoms with Crippen molar-refractivity contribution in [1.29, 1.82) is 0 Å². The summed E-state index contributed by atoms with van der Waals surface area (Å²) < 4.78 is 6.14. The number of carboxylic acid groups (broad SMARTS) is 2. The summed E-state index contributed by atoms with van der Waals surface area (Å²) in [6.45, 7) is 2.83. The van der Waals surface area contributed by atoms with E-state index in [1.54, 1.807) is 12.1 Å². The van der Waals surface area contributed by atoms with Crippen LogP contribution < -0.4 is 10.1 Å². The first-order chi connectivity index (χ1) is 12.3. The molecule has 140 valence electrons. The molecule has 2 aromatic rings. The number of aliphatic carboxylic acids is 2. The van der Waals surface area contributed by atoms with Crippen molar-refractivity contribution in [3.05, 3.63) is 59.7 Å². The Hall–Kier alpha value is -3.06. The predicted molar refractivity (Wildman–Crippen MR) is 96.5 cm³/mol. The first-order valence-corrected chi connectivity index (χ1v) is 7.97. The van der Waals surface area contributed by atoms with Crippen LogP contribution in [0, 0.1) is 6.92 Å². The van der Waals surface area contributed by atoms with Gasteiger partial charge in [0.25, 0.3) is 0 Å². The smallest absolute Gasteiger partial charge is 0.414 e. The van der Waals surface area contributed by atoms with Crippen LogP contribution in [0.1, 0.15) is 23.7 Å². The summed E-state index contributed by atoms with van der Waals surface area (Å²) in [5, 5.41) is 27.4. The quantitative estimate of drug-likeness (QED) is 0.584. The molecular formula is C19H23NO6. The SMILES string of the molecule is CNCC[C@@H](Oc1ccc(O)cc1C)c1ccccc1.O=C(O)C(=O)O. The van der Waals surface area contributed by atoms with Crippen LogP contribution in [0.2, 0.25) is 0 Å². The van der Waals surface area contributed by atoms with E-state index >= 15 is 0 Å². The van der Waals surface area contributed by atoms with Crippen molar-refractivity contribution < 1.29 is 29.6 Å². The summed E-state index contributed by atoms with van der Waals surface area (Å²) in [6, 6.07) is 15.4. The van der Waals surface area contributed by atoms with Crippen LogP contribution in [-0.4, -0.2) is 40.9 Å². The van der Waals surface area contributed by atoms with Crippen LogP contribution in [0.4, 0.5) is 0 Å². The van der Waals surface area contributed by atoms with Gasteiger partial charge < -0.3 is 25.4 Å². The van der Waals surface area contributed by atoms with Crippen LogP contribution in [0.25, 0.3) is 0 Å². The molecule has 0 unspecified atom stereocenters. The molecule has 7 nitrogen and oxygen atoms in total. The molecule has 1 atom stereocenters. The molecule has 0 saturated heterocycles. The van der Waals surface area contributed by atoms with Crippen molar-refractivity contribution in [1.82, 2.24) is 5.32 Å². The van der Waals surface area contributed by atoms with Crippen LogP contribution in [0.5, 0.6) is 11.5 Å². The number of aryl methyl sites for hydroxylation is 1. The second-order valence-corrected chi connectivity index (χ2v) is 5.47. The largest absolute Gasteiger partial charge is 0.508 e. The van der Waals surface area contributed by atoms with Gasteiger partial charge in [0.1, 0.15) is 17.6 Å². The normalized spacial score (nSPS) is 11.0. The Morgan fingerprint density at radius 2 is 1.69 bits per heavy atom. The van der Waals surface area contributed by atoms with Gasteiger partial charge in [-0.3, -0.25) is 0 Å². The lowest BCUT2D eigenvalue weighted by atomic mass is 10.1. The van der Waals surface area contributed by atoms with Gasteiger partial charge in [-0.25, -0.2) is 9.59 Å². The third-order valence-corrected chi connectivity index (χ3v) is 3.44. The molecule has 0 radical (unpaired) electrons. The Morgan fingerprint density at radius 1 is 1.08 bits per heavy atom. The second-order valence-electron chi connectivity index (χ2n) is 5.47. The molecule has 2 aromatic carbocycles. The fourth-order valence-electron chi connectivity index (χ4n) is 2.16. The molecule has 0 saturated carbocycles. The Labute approximate surface area is 151 Å². The van der Waals surface area contributed by atoms with Crippen molar-refractivity contribution in [2.45, 2.75) is 19.4 Å². The number of carboxylic acids is 2. The number of phenols is 1. The summed E-state index contributed by atoms with van der Waals surface area (Å²) in [5.74, 6) is -2.57. The number of carbonyl (C=O) groups is 2. The molecule has 0 heterocycles. The molecule has 4 N–H and O–H groups in total. The molecule has 2 rings (SSSR count). The van der Waals surface area contributed by atoms with Crippen LogP contribution in [-0.2, 0) is 9.59 Å². The monoisotopic (exact) mass is 361 g/mol. The highest BCUT2D eigenvalue weighted by molar-refractivity contribution is 6.27. The van der Waals surface area contributed by atoms with Crippen molar-refractivity contribution in [2.24, 2.45) is 0 Å². The third-order valence-electron chi connectivity index (χ3n) is 3.44. The van der Waals surface area contributed by atoms with Crippen molar-refractivity contribution in [2.75, 3.05) is 13.6 Å². The van der Waals surface area contributed by atoms with E-state index in [1.165, 1.54) is 0 Å². The molecule has 0 amide bonds. The van der Waals surface area contributed by atoms with Gasteiger partial charge in [0.2, 0.25) is 0 Å². The fraction of sp³-hybridized carbons (Fsp3) is 0.263. The lowest BCUT2D eigenvalue weighted by Crippen LogP contribution is -2.16. The summed E-state index contributed by atoms with van der Waals surface area (Å²) in [4.78, 5) is 18.2. The number of nitrogens with one attached hydrogen (secondary N) is 1. The van der Waals surface area contributed by atoms with Gasteiger partial charge in [-0.15, -0.1) is 0 Å². The van der Waals surface area contributed by atoms with Crippen molar-refractivity contribution in [3.8, 4) is 11.5 Å². The van der Waals surface area contributed by atoms with Crippen LogP contribution >= 0.6 is 0 Å². The zero-order chi connectivity index (χ0) is 19.5. The number of hydrogen-bond acceptors (Lipinski definition) is 5. The molecule has 0 aliphatic carbocycles. The van der Waals surface area contributed by atoms with Gasteiger partial charge in [-0.1, -0.05) is 30.3 Å². The minimum Gasteiger partial charge on any atom is -0.508 e. The summed E-state index contributed by atoms with van der Waals surface area (Å²) in [6.07, 6.45) is 0.896.